The van der Waals surface area contributed by atoms with Crippen molar-refractivity contribution >= 4 is 15.9 Å². The Bertz CT molecular complexity index is 364. The fraction of sp³-hybridized carbons (Fsp3) is 0.818. The Hall–Kier alpha value is -0.460. The minimum absolute atomic E-state index is 0.103. The number of aromatic nitrogens is 3. The molecule has 1 unspecified atom stereocenters. The summed E-state index contributed by atoms with van der Waals surface area (Å²) < 4.78 is 8.39. The second kappa shape index (κ2) is 5.04. The zero-order chi connectivity index (χ0) is 12.5. The number of hydrogen-bond acceptors (Lipinski definition) is 4. The average molecular weight is 303 g/mol. The first-order valence-electron chi connectivity index (χ1n) is 5.98. The van der Waals surface area contributed by atoms with Gasteiger partial charge < -0.3 is 10.1 Å². The summed E-state index contributed by atoms with van der Waals surface area (Å²) in [5.41, 5.74) is 0.960. The van der Waals surface area contributed by atoms with Crippen molar-refractivity contribution in [3.05, 3.63) is 10.3 Å². The zero-order valence-corrected chi connectivity index (χ0v) is 12.1. The number of likely N-dealkylation sites (N-methyl/N-ethyl adjacent to an activating group) is 1. The minimum atomic E-state index is -0.103. The van der Waals surface area contributed by atoms with E-state index in [1.807, 2.05) is 11.7 Å². The molecule has 0 saturated heterocycles. The number of methoxy groups -OCH3 is 1. The molecule has 1 aliphatic carbocycles. The highest BCUT2D eigenvalue weighted by Crippen LogP contribution is 2.45. The predicted molar refractivity (Wildman–Crippen MR) is 68.7 cm³/mol. The van der Waals surface area contributed by atoms with E-state index in [2.05, 4.69) is 38.5 Å². The topological polar surface area (TPSA) is 52.0 Å². The quantitative estimate of drug-likeness (QED) is 0.901. The number of hydrogen-bond donors (Lipinski definition) is 1. The van der Waals surface area contributed by atoms with Crippen molar-refractivity contribution in [2.75, 3.05) is 13.7 Å². The van der Waals surface area contributed by atoms with Gasteiger partial charge in [-0.25, -0.2) is 4.68 Å². The second-order valence-corrected chi connectivity index (χ2v) is 5.25. The van der Waals surface area contributed by atoms with Crippen LogP contribution in [0.15, 0.2) is 4.60 Å². The highest BCUT2D eigenvalue weighted by Gasteiger charge is 2.47. The molecule has 6 heteroatoms. The molecule has 0 radical (unpaired) electrons. The van der Waals surface area contributed by atoms with Gasteiger partial charge in [-0.15, -0.1) is 5.10 Å². The molecular formula is C11H19BrN4O. The molecule has 5 nitrogen and oxygen atoms in total. The number of rotatable bonds is 5. The van der Waals surface area contributed by atoms with E-state index in [0.717, 1.165) is 29.7 Å². The zero-order valence-electron chi connectivity index (χ0n) is 10.5. The fourth-order valence-corrected chi connectivity index (χ4v) is 3.07. The molecule has 1 heterocycles. The van der Waals surface area contributed by atoms with Gasteiger partial charge in [0, 0.05) is 14.2 Å². The largest absolute Gasteiger partial charge is 0.376 e. The SMILES string of the molecule is CCNC(c1c(Br)nnn1C)C1(OC)CCC1. The molecule has 1 N–H and O–H groups in total. The lowest BCUT2D eigenvalue weighted by Crippen LogP contribution is -2.51. The van der Waals surface area contributed by atoms with Crippen molar-refractivity contribution in [2.45, 2.75) is 37.8 Å². The van der Waals surface area contributed by atoms with Crippen LogP contribution in [0.2, 0.25) is 0 Å². The van der Waals surface area contributed by atoms with Crippen LogP contribution >= 0.6 is 15.9 Å². The van der Waals surface area contributed by atoms with Gasteiger partial charge >= 0.3 is 0 Å². The van der Waals surface area contributed by atoms with E-state index >= 15 is 0 Å². The third-order valence-electron chi connectivity index (χ3n) is 3.64. The third kappa shape index (κ3) is 2.13. The average Bonchev–Trinajstić information content (AvgIpc) is 2.57. The van der Waals surface area contributed by atoms with Crippen LogP contribution in [0.25, 0.3) is 0 Å². The van der Waals surface area contributed by atoms with E-state index in [1.54, 1.807) is 7.11 Å². The molecule has 1 saturated carbocycles. The van der Waals surface area contributed by atoms with Gasteiger partial charge in [0.1, 0.15) is 0 Å². The van der Waals surface area contributed by atoms with Crippen molar-refractivity contribution in [1.29, 1.82) is 0 Å². The van der Waals surface area contributed by atoms with Crippen LogP contribution in [-0.4, -0.2) is 34.2 Å². The van der Waals surface area contributed by atoms with E-state index in [9.17, 15) is 0 Å². The third-order valence-corrected chi connectivity index (χ3v) is 4.21. The van der Waals surface area contributed by atoms with Crippen molar-refractivity contribution in [3.8, 4) is 0 Å². The maximum absolute atomic E-state index is 5.77. The van der Waals surface area contributed by atoms with Crippen LogP contribution in [0.1, 0.15) is 37.9 Å². The number of nitrogens with one attached hydrogen (secondary N) is 1. The Morgan fingerprint density at radius 1 is 1.59 bits per heavy atom. The minimum Gasteiger partial charge on any atom is -0.376 e. The summed E-state index contributed by atoms with van der Waals surface area (Å²) >= 11 is 3.47. The van der Waals surface area contributed by atoms with Crippen molar-refractivity contribution < 1.29 is 4.74 Å². The van der Waals surface area contributed by atoms with Crippen LogP contribution in [-0.2, 0) is 11.8 Å². The van der Waals surface area contributed by atoms with Gasteiger partial charge in [-0.05, 0) is 41.7 Å². The van der Waals surface area contributed by atoms with Gasteiger partial charge in [0.25, 0.3) is 0 Å². The number of aryl methyl sites for hydroxylation is 1. The first kappa shape index (κ1) is 13.0. The molecule has 0 aliphatic heterocycles. The standard InChI is InChI=1S/C11H19BrN4O/c1-4-13-9(11(17-3)6-5-7-11)8-10(12)14-15-16(8)2/h9,13H,4-7H2,1-3H3. The molecular weight excluding hydrogens is 284 g/mol. The lowest BCUT2D eigenvalue weighted by atomic mass is 9.73. The molecule has 0 spiro atoms. The lowest BCUT2D eigenvalue weighted by molar-refractivity contribution is -0.101. The van der Waals surface area contributed by atoms with Gasteiger partial charge in [-0.1, -0.05) is 12.1 Å². The molecule has 17 heavy (non-hydrogen) atoms. The summed E-state index contributed by atoms with van der Waals surface area (Å²) in [5, 5.41) is 11.6. The van der Waals surface area contributed by atoms with Crippen molar-refractivity contribution in [1.82, 2.24) is 20.3 Å². The molecule has 0 bridgehead atoms. The highest BCUT2D eigenvalue weighted by atomic mass is 79.9. The van der Waals surface area contributed by atoms with E-state index in [-0.39, 0.29) is 11.6 Å². The predicted octanol–water partition coefficient (Wildman–Crippen LogP) is 1.80. The van der Waals surface area contributed by atoms with Crippen LogP contribution in [0.5, 0.6) is 0 Å². The number of nitrogens with zero attached hydrogens (tertiary/aromatic N) is 3. The van der Waals surface area contributed by atoms with Crippen molar-refractivity contribution in [2.24, 2.45) is 7.05 Å². The van der Waals surface area contributed by atoms with E-state index in [1.165, 1.54) is 6.42 Å². The Morgan fingerprint density at radius 3 is 2.65 bits per heavy atom. The molecule has 0 amide bonds. The monoisotopic (exact) mass is 302 g/mol. The maximum Gasteiger partial charge on any atom is 0.153 e. The molecule has 96 valence electrons. The molecule has 1 aromatic rings. The Balaban J connectivity index is 2.35. The first-order chi connectivity index (χ1) is 8.14. The van der Waals surface area contributed by atoms with Gasteiger partial charge in [-0.3, -0.25) is 0 Å². The number of ether oxygens (including phenoxy) is 1. The van der Waals surface area contributed by atoms with Gasteiger partial charge in [0.05, 0.1) is 17.3 Å². The summed E-state index contributed by atoms with van der Waals surface area (Å²) in [6, 6.07) is 0.139. The normalized spacial score (nSPS) is 20.0. The molecule has 1 atom stereocenters. The Morgan fingerprint density at radius 2 is 2.29 bits per heavy atom. The van der Waals surface area contributed by atoms with Gasteiger partial charge in [0.2, 0.25) is 0 Å². The Labute approximate surface area is 110 Å². The highest BCUT2D eigenvalue weighted by molar-refractivity contribution is 9.10. The maximum atomic E-state index is 5.77. The lowest BCUT2D eigenvalue weighted by Gasteiger charge is -2.46. The molecule has 1 fully saturated rings. The van der Waals surface area contributed by atoms with Gasteiger partial charge in [0.15, 0.2) is 4.60 Å². The number of halogens is 1. The molecule has 2 rings (SSSR count). The smallest absolute Gasteiger partial charge is 0.153 e. The molecule has 0 aromatic carbocycles. The summed E-state index contributed by atoms with van der Waals surface area (Å²) in [4.78, 5) is 0. The second-order valence-electron chi connectivity index (χ2n) is 4.50. The summed E-state index contributed by atoms with van der Waals surface area (Å²) in [6.45, 7) is 3.00. The van der Waals surface area contributed by atoms with Crippen LogP contribution in [0.4, 0.5) is 0 Å². The van der Waals surface area contributed by atoms with Gasteiger partial charge in [-0.2, -0.15) is 0 Å². The molecule has 1 aliphatic rings. The summed E-state index contributed by atoms with van der Waals surface area (Å²) in [5.74, 6) is 0. The van der Waals surface area contributed by atoms with Crippen molar-refractivity contribution in [3.63, 3.8) is 0 Å². The Kier molecular flexibility index (Phi) is 3.85. The van der Waals surface area contributed by atoms with E-state index in [0.29, 0.717) is 0 Å². The van der Waals surface area contributed by atoms with E-state index in [4.69, 9.17) is 4.74 Å². The molecule has 1 aromatic heterocycles. The van der Waals surface area contributed by atoms with Crippen LogP contribution in [0, 0.1) is 0 Å². The fourth-order valence-electron chi connectivity index (χ4n) is 2.52. The summed E-state index contributed by atoms with van der Waals surface area (Å²) in [6.07, 6.45) is 3.39. The summed E-state index contributed by atoms with van der Waals surface area (Å²) in [7, 11) is 3.71. The van der Waals surface area contributed by atoms with E-state index < -0.39 is 0 Å². The van der Waals surface area contributed by atoms with Crippen LogP contribution in [0.3, 0.4) is 0 Å². The van der Waals surface area contributed by atoms with Crippen LogP contribution < -0.4 is 5.32 Å². The first-order valence-corrected chi connectivity index (χ1v) is 6.77.